The van der Waals surface area contributed by atoms with E-state index in [-0.39, 0.29) is 11.8 Å². The van der Waals surface area contributed by atoms with Gasteiger partial charge in [-0.1, -0.05) is 37.6 Å². The fourth-order valence-corrected chi connectivity index (χ4v) is 2.64. The van der Waals surface area contributed by atoms with Gasteiger partial charge in [0.1, 0.15) is 0 Å². The van der Waals surface area contributed by atoms with Crippen molar-refractivity contribution >= 4 is 34.0 Å². The molecule has 1 amide bonds. The first-order valence-electron chi connectivity index (χ1n) is 6.58. The number of halogens is 1. The van der Waals surface area contributed by atoms with Gasteiger partial charge in [-0.25, -0.2) is 4.98 Å². The Hall–Kier alpha value is -1.39. The Kier molecular flexibility index (Phi) is 5.15. The van der Waals surface area contributed by atoms with Gasteiger partial charge in [-0.2, -0.15) is 0 Å². The highest BCUT2D eigenvalue weighted by molar-refractivity contribution is 7.15. The third-order valence-corrected chi connectivity index (χ3v) is 4.30. The number of carbonyl (C=O) groups is 1. The molecular formula is C15H17ClN2OS. The number of thiazole rings is 1. The van der Waals surface area contributed by atoms with Crippen molar-refractivity contribution in [2.24, 2.45) is 5.92 Å². The van der Waals surface area contributed by atoms with Crippen LogP contribution >= 0.6 is 22.9 Å². The Labute approximate surface area is 128 Å². The highest BCUT2D eigenvalue weighted by atomic mass is 35.5. The molecule has 2 rings (SSSR count). The van der Waals surface area contributed by atoms with E-state index in [0.29, 0.717) is 5.13 Å². The third kappa shape index (κ3) is 4.05. The van der Waals surface area contributed by atoms with Crippen molar-refractivity contribution in [3.05, 3.63) is 45.9 Å². The number of amides is 1. The zero-order chi connectivity index (χ0) is 14.5. The van der Waals surface area contributed by atoms with E-state index >= 15 is 0 Å². The van der Waals surface area contributed by atoms with Gasteiger partial charge in [0, 0.05) is 28.4 Å². The summed E-state index contributed by atoms with van der Waals surface area (Å²) in [5, 5.41) is 4.26. The summed E-state index contributed by atoms with van der Waals surface area (Å²) in [7, 11) is 0. The molecule has 0 aliphatic rings. The van der Waals surface area contributed by atoms with E-state index in [1.807, 2.05) is 44.3 Å². The van der Waals surface area contributed by atoms with Crippen LogP contribution in [0.3, 0.4) is 0 Å². The van der Waals surface area contributed by atoms with E-state index in [1.54, 1.807) is 0 Å². The zero-order valence-corrected chi connectivity index (χ0v) is 13.1. The molecule has 106 valence electrons. The normalized spacial score (nSPS) is 12.2. The molecule has 1 aromatic heterocycles. The minimum absolute atomic E-state index is 0.0126. The van der Waals surface area contributed by atoms with Crippen molar-refractivity contribution < 1.29 is 4.79 Å². The molecule has 1 heterocycles. The van der Waals surface area contributed by atoms with Gasteiger partial charge in [0.2, 0.25) is 5.91 Å². The fraction of sp³-hybridized carbons (Fsp3) is 0.333. The molecule has 0 fully saturated rings. The molecular weight excluding hydrogens is 292 g/mol. The first-order valence-corrected chi connectivity index (χ1v) is 7.78. The van der Waals surface area contributed by atoms with Crippen molar-refractivity contribution in [3.8, 4) is 0 Å². The molecule has 0 bridgehead atoms. The second-order valence-corrected chi connectivity index (χ2v) is 6.29. The van der Waals surface area contributed by atoms with Crippen molar-refractivity contribution in [1.82, 2.24) is 4.98 Å². The molecule has 0 aliphatic heterocycles. The van der Waals surface area contributed by atoms with Crippen LogP contribution < -0.4 is 5.32 Å². The average Bonchev–Trinajstić information content (AvgIpc) is 2.87. The van der Waals surface area contributed by atoms with Crippen LogP contribution in [0.1, 0.15) is 30.7 Å². The van der Waals surface area contributed by atoms with Crippen molar-refractivity contribution in [2.75, 3.05) is 5.32 Å². The highest BCUT2D eigenvalue weighted by Crippen LogP contribution is 2.22. The number of nitrogens with one attached hydrogen (secondary N) is 1. The zero-order valence-electron chi connectivity index (χ0n) is 11.5. The molecule has 2 aromatic rings. The number of hydrogen-bond donors (Lipinski definition) is 1. The minimum Gasteiger partial charge on any atom is -0.302 e. The third-order valence-electron chi connectivity index (χ3n) is 3.14. The number of rotatable bonds is 5. The number of carbonyl (C=O) groups excluding carboxylic acids is 1. The predicted molar refractivity (Wildman–Crippen MR) is 84.5 cm³/mol. The molecule has 20 heavy (non-hydrogen) atoms. The van der Waals surface area contributed by atoms with Crippen LogP contribution in [0.4, 0.5) is 5.13 Å². The first-order chi connectivity index (χ1) is 9.58. The van der Waals surface area contributed by atoms with Crippen molar-refractivity contribution in [3.63, 3.8) is 0 Å². The lowest BCUT2D eigenvalue weighted by Gasteiger charge is -2.06. The van der Waals surface area contributed by atoms with Gasteiger partial charge in [0.25, 0.3) is 0 Å². The summed E-state index contributed by atoms with van der Waals surface area (Å²) in [6, 6.07) is 7.76. The Bertz CT molecular complexity index is 580. The molecule has 3 nitrogen and oxygen atoms in total. The quantitative estimate of drug-likeness (QED) is 0.891. The van der Waals surface area contributed by atoms with Gasteiger partial charge < -0.3 is 5.32 Å². The summed E-state index contributed by atoms with van der Waals surface area (Å²) in [4.78, 5) is 17.2. The van der Waals surface area contributed by atoms with Crippen LogP contribution in [0.15, 0.2) is 30.5 Å². The van der Waals surface area contributed by atoms with Gasteiger partial charge in [0.05, 0.1) is 0 Å². The lowest BCUT2D eigenvalue weighted by Crippen LogP contribution is -2.19. The largest absolute Gasteiger partial charge is 0.302 e. The minimum atomic E-state index is 0.0126. The Balaban J connectivity index is 1.98. The fourth-order valence-electron chi connectivity index (χ4n) is 1.66. The van der Waals surface area contributed by atoms with Gasteiger partial charge >= 0.3 is 0 Å². The Morgan fingerprint density at radius 1 is 1.40 bits per heavy atom. The number of anilines is 1. The maximum absolute atomic E-state index is 11.8. The second-order valence-electron chi connectivity index (χ2n) is 4.73. The van der Waals surface area contributed by atoms with Gasteiger partial charge in [-0.15, -0.1) is 11.3 Å². The van der Waals surface area contributed by atoms with Gasteiger partial charge in [-0.05, 0) is 24.1 Å². The number of hydrogen-bond acceptors (Lipinski definition) is 3. The molecule has 0 saturated heterocycles. The van der Waals surface area contributed by atoms with E-state index in [0.717, 1.165) is 22.7 Å². The SMILES string of the molecule is CCC(C)C(=O)Nc1ncc(Cc2ccc(Cl)cc2)s1. The molecule has 5 heteroatoms. The standard InChI is InChI=1S/C15H17ClN2OS/c1-3-10(2)14(19)18-15-17-9-13(20-15)8-11-4-6-12(16)7-5-11/h4-7,9-10H,3,8H2,1-2H3,(H,17,18,19). The van der Waals surface area contributed by atoms with Crippen LogP contribution in [-0.4, -0.2) is 10.9 Å². The van der Waals surface area contributed by atoms with Crippen LogP contribution in [-0.2, 0) is 11.2 Å². The molecule has 1 N–H and O–H groups in total. The number of aromatic nitrogens is 1. The maximum atomic E-state index is 11.8. The topological polar surface area (TPSA) is 42.0 Å². The second kappa shape index (κ2) is 6.86. The van der Waals surface area contributed by atoms with E-state index < -0.39 is 0 Å². The molecule has 0 aliphatic carbocycles. The van der Waals surface area contributed by atoms with Gasteiger partial charge in [0.15, 0.2) is 5.13 Å². The highest BCUT2D eigenvalue weighted by Gasteiger charge is 2.12. The molecule has 0 spiro atoms. The molecule has 1 atom stereocenters. The number of nitrogens with zero attached hydrogens (tertiary/aromatic N) is 1. The molecule has 1 aromatic carbocycles. The Morgan fingerprint density at radius 2 is 2.10 bits per heavy atom. The van der Waals surface area contributed by atoms with Crippen LogP contribution in [0.5, 0.6) is 0 Å². The first kappa shape index (κ1) is 15.0. The summed E-state index contributed by atoms with van der Waals surface area (Å²) in [5.41, 5.74) is 1.18. The van der Waals surface area contributed by atoms with Crippen LogP contribution in [0.2, 0.25) is 5.02 Å². The van der Waals surface area contributed by atoms with Crippen LogP contribution in [0, 0.1) is 5.92 Å². The Morgan fingerprint density at radius 3 is 2.75 bits per heavy atom. The lowest BCUT2D eigenvalue weighted by atomic mass is 10.1. The summed E-state index contributed by atoms with van der Waals surface area (Å²) in [6.45, 7) is 3.91. The summed E-state index contributed by atoms with van der Waals surface area (Å²) in [6.07, 6.45) is 3.44. The molecule has 0 radical (unpaired) electrons. The average molecular weight is 309 g/mol. The molecule has 1 unspecified atom stereocenters. The smallest absolute Gasteiger partial charge is 0.228 e. The summed E-state index contributed by atoms with van der Waals surface area (Å²) < 4.78 is 0. The predicted octanol–water partition coefficient (Wildman–Crippen LogP) is 4.37. The van der Waals surface area contributed by atoms with Crippen molar-refractivity contribution in [1.29, 1.82) is 0 Å². The van der Waals surface area contributed by atoms with E-state index in [2.05, 4.69) is 10.3 Å². The van der Waals surface area contributed by atoms with E-state index in [4.69, 9.17) is 11.6 Å². The van der Waals surface area contributed by atoms with E-state index in [9.17, 15) is 4.79 Å². The van der Waals surface area contributed by atoms with Gasteiger partial charge in [-0.3, -0.25) is 4.79 Å². The number of benzene rings is 1. The lowest BCUT2D eigenvalue weighted by molar-refractivity contribution is -0.119. The van der Waals surface area contributed by atoms with Crippen LogP contribution in [0.25, 0.3) is 0 Å². The van der Waals surface area contributed by atoms with E-state index in [1.165, 1.54) is 16.9 Å². The van der Waals surface area contributed by atoms with Crippen molar-refractivity contribution in [2.45, 2.75) is 26.7 Å². The summed E-state index contributed by atoms with van der Waals surface area (Å²) >= 11 is 7.37. The maximum Gasteiger partial charge on any atom is 0.228 e. The monoisotopic (exact) mass is 308 g/mol. The summed E-state index contributed by atoms with van der Waals surface area (Å²) in [5.74, 6) is 0.0403. The molecule has 0 saturated carbocycles.